The fourth-order valence-corrected chi connectivity index (χ4v) is 6.61. The van der Waals surface area contributed by atoms with Crippen LogP contribution in [0.5, 0.6) is 0 Å². The van der Waals surface area contributed by atoms with Crippen LogP contribution in [0.4, 0.5) is 0 Å². The standard InChI is InChI=1S/C28H48/c1-3-5-6-8-24-9-11-25(12-10-24)13-14-26-17-21-28(22-18-26)27-19-15-23(7-4-2)16-20-27/h23-28H,3-12,15-22H2,1-2H3. The Morgan fingerprint density at radius 2 is 0.964 bits per heavy atom. The van der Waals surface area contributed by atoms with Gasteiger partial charge in [0.05, 0.1) is 0 Å². The summed E-state index contributed by atoms with van der Waals surface area (Å²) in [5, 5.41) is 0. The summed E-state index contributed by atoms with van der Waals surface area (Å²) in [4.78, 5) is 0. The molecule has 0 aromatic carbocycles. The van der Waals surface area contributed by atoms with Gasteiger partial charge >= 0.3 is 0 Å². The van der Waals surface area contributed by atoms with Crippen LogP contribution in [-0.4, -0.2) is 0 Å². The molecule has 0 saturated heterocycles. The van der Waals surface area contributed by atoms with Crippen LogP contribution >= 0.6 is 0 Å². The molecule has 3 aliphatic rings. The second-order valence-electron chi connectivity index (χ2n) is 10.7. The van der Waals surface area contributed by atoms with Gasteiger partial charge < -0.3 is 0 Å². The van der Waals surface area contributed by atoms with Crippen LogP contribution in [0.3, 0.4) is 0 Å². The lowest BCUT2D eigenvalue weighted by atomic mass is 9.69. The Morgan fingerprint density at radius 1 is 0.500 bits per heavy atom. The van der Waals surface area contributed by atoms with Crippen LogP contribution < -0.4 is 0 Å². The fraction of sp³-hybridized carbons (Fsp3) is 0.929. The van der Waals surface area contributed by atoms with Crippen LogP contribution in [0.1, 0.15) is 129 Å². The predicted octanol–water partition coefficient (Wildman–Crippen LogP) is 8.79. The zero-order valence-electron chi connectivity index (χ0n) is 19.2. The monoisotopic (exact) mass is 384 g/mol. The highest BCUT2D eigenvalue weighted by Gasteiger charge is 2.30. The van der Waals surface area contributed by atoms with Gasteiger partial charge in [-0.25, -0.2) is 0 Å². The molecule has 0 nitrogen and oxygen atoms in total. The summed E-state index contributed by atoms with van der Waals surface area (Å²) in [6.45, 7) is 4.67. The molecule has 0 aromatic heterocycles. The Morgan fingerprint density at radius 3 is 1.50 bits per heavy atom. The lowest BCUT2D eigenvalue weighted by Gasteiger charge is -2.37. The van der Waals surface area contributed by atoms with Gasteiger partial charge in [0.25, 0.3) is 0 Å². The minimum absolute atomic E-state index is 0.731. The van der Waals surface area contributed by atoms with E-state index in [1.807, 2.05) is 0 Å². The maximum Gasteiger partial charge on any atom is 0.0203 e. The molecule has 0 N–H and O–H groups in total. The van der Waals surface area contributed by atoms with E-state index in [1.54, 1.807) is 0 Å². The number of hydrogen-bond acceptors (Lipinski definition) is 0. The van der Waals surface area contributed by atoms with Crippen molar-refractivity contribution in [2.24, 2.45) is 35.5 Å². The molecule has 0 bridgehead atoms. The van der Waals surface area contributed by atoms with Crippen molar-refractivity contribution >= 4 is 0 Å². The number of hydrogen-bond donors (Lipinski definition) is 0. The topological polar surface area (TPSA) is 0 Å². The van der Waals surface area contributed by atoms with E-state index in [2.05, 4.69) is 25.7 Å². The molecular weight excluding hydrogens is 336 g/mol. The van der Waals surface area contributed by atoms with E-state index in [0.29, 0.717) is 0 Å². The second kappa shape index (κ2) is 12.3. The highest BCUT2D eigenvalue weighted by Crippen LogP contribution is 2.42. The molecule has 0 aliphatic heterocycles. The molecule has 0 aromatic rings. The molecule has 0 spiro atoms. The maximum absolute atomic E-state index is 3.76. The van der Waals surface area contributed by atoms with E-state index in [9.17, 15) is 0 Å². The van der Waals surface area contributed by atoms with Gasteiger partial charge in [-0.2, -0.15) is 0 Å². The van der Waals surface area contributed by atoms with E-state index in [0.717, 1.165) is 35.5 Å². The fourth-order valence-electron chi connectivity index (χ4n) is 6.61. The Balaban J connectivity index is 1.31. The molecule has 0 amide bonds. The van der Waals surface area contributed by atoms with E-state index in [4.69, 9.17) is 0 Å². The molecule has 3 rings (SSSR count). The van der Waals surface area contributed by atoms with Gasteiger partial charge in [-0.1, -0.05) is 77.1 Å². The third kappa shape index (κ3) is 7.11. The van der Waals surface area contributed by atoms with Crippen LogP contribution in [-0.2, 0) is 0 Å². The van der Waals surface area contributed by atoms with Crippen LogP contribution in [0, 0.1) is 47.3 Å². The minimum Gasteiger partial charge on any atom is -0.0996 e. The molecule has 0 unspecified atom stereocenters. The van der Waals surface area contributed by atoms with Crippen molar-refractivity contribution in [2.75, 3.05) is 0 Å². The predicted molar refractivity (Wildman–Crippen MR) is 123 cm³/mol. The Hall–Kier alpha value is -0.440. The molecule has 3 fully saturated rings. The quantitative estimate of drug-likeness (QED) is 0.304. The normalized spacial score (nSPS) is 36.5. The summed E-state index contributed by atoms with van der Waals surface area (Å²) in [5.41, 5.74) is 0. The molecule has 0 heteroatoms. The first-order valence-electron chi connectivity index (χ1n) is 13.3. The molecule has 3 aliphatic carbocycles. The summed E-state index contributed by atoms with van der Waals surface area (Å²) < 4.78 is 0. The summed E-state index contributed by atoms with van der Waals surface area (Å²) >= 11 is 0. The number of unbranched alkanes of at least 4 members (excludes halogenated alkanes) is 2. The van der Waals surface area contributed by atoms with E-state index < -0.39 is 0 Å². The van der Waals surface area contributed by atoms with E-state index in [-0.39, 0.29) is 0 Å². The van der Waals surface area contributed by atoms with Crippen molar-refractivity contribution in [3.05, 3.63) is 0 Å². The SMILES string of the molecule is CCCCCC1CCC(C#CC2CCC(C3CCC(CCC)CC3)CC2)CC1. The largest absolute Gasteiger partial charge is 0.0996 e. The summed E-state index contributed by atoms with van der Waals surface area (Å²) in [5.74, 6) is 13.1. The number of rotatable bonds is 7. The third-order valence-electron chi connectivity index (χ3n) is 8.58. The molecule has 160 valence electrons. The maximum atomic E-state index is 3.76. The zero-order chi connectivity index (χ0) is 19.6. The van der Waals surface area contributed by atoms with Crippen molar-refractivity contribution in [1.29, 1.82) is 0 Å². The van der Waals surface area contributed by atoms with Gasteiger partial charge in [0, 0.05) is 11.8 Å². The van der Waals surface area contributed by atoms with Crippen LogP contribution in [0.15, 0.2) is 0 Å². The smallest absolute Gasteiger partial charge is 0.0203 e. The van der Waals surface area contributed by atoms with Gasteiger partial charge in [-0.3, -0.25) is 0 Å². The molecule has 0 radical (unpaired) electrons. The molecule has 0 heterocycles. The lowest BCUT2D eigenvalue weighted by molar-refractivity contribution is 0.153. The van der Waals surface area contributed by atoms with Gasteiger partial charge in [0.1, 0.15) is 0 Å². The molecule has 0 atom stereocenters. The highest BCUT2D eigenvalue weighted by molar-refractivity contribution is 5.09. The Bertz CT molecular complexity index is 456. The summed E-state index contributed by atoms with van der Waals surface area (Å²) in [7, 11) is 0. The molecule has 28 heavy (non-hydrogen) atoms. The third-order valence-corrected chi connectivity index (χ3v) is 8.58. The van der Waals surface area contributed by atoms with Crippen molar-refractivity contribution < 1.29 is 0 Å². The average Bonchev–Trinajstić information content (AvgIpc) is 2.75. The van der Waals surface area contributed by atoms with Gasteiger partial charge in [0.2, 0.25) is 0 Å². The van der Waals surface area contributed by atoms with Gasteiger partial charge in [-0.15, -0.1) is 0 Å². The van der Waals surface area contributed by atoms with Crippen molar-refractivity contribution in [2.45, 2.75) is 129 Å². The first-order valence-corrected chi connectivity index (χ1v) is 13.3. The van der Waals surface area contributed by atoms with Crippen LogP contribution in [0.25, 0.3) is 0 Å². The first-order chi connectivity index (χ1) is 13.8. The summed E-state index contributed by atoms with van der Waals surface area (Å²) in [6.07, 6.45) is 26.2. The lowest BCUT2D eigenvalue weighted by Crippen LogP contribution is -2.25. The van der Waals surface area contributed by atoms with E-state index >= 15 is 0 Å². The first kappa shape index (κ1) is 22.2. The minimum atomic E-state index is 0.731. The van der Waals surface area contributed by atoms with Crippen molar-refractivity contribution in [1.82, 2.24) is 0 Å². The zero-order valence-corrected chi connectivity index (χ0v) is 19.2. The van der Waals surface area contributed by atoms with Crippen LogP contribution in [0.2, 0.25) is 0 Å². The van der Waals surface area contributed by atoms with E-state index in [1.165, 1.54) is 116 Å². The molecular formula is C28H48. The molecule has 3 saturated carbocycles. The van der Waals surface area contributed by atoms with Crippen molar-refractivity contribution in [3.8, 4) is 11.8 Å². The average molecular weight is 385 g/mol. The Labute approximate surface area is 177 Å². The highest BCUT2D eigenvalue weighted by atomic mass is 14.4. The Kier molecular flexibility index (Phi) is 9.77. The van der Waals surface area contributed by atoms with Gasteiger partial charge in [-0.05, 0) is 87.9 Å². The summed E-state index contributed by atoms with van der Waals surface area (Å²) in [6, 6.07) is 0. The van der Waals surface area contributed by atoms with Gasteiger partial charge in [0.15, 0.2) is 0 Å². The van der Waals surface area contributed by atoms with Crippen molar-refractivity contribution in [3.63, 3.8) is 0 Å². The second-order valence-corrected chi connectivity index (χ2v) is 10.7.